The van der Waals surface area contributed by atoms with E-state index in [1.54, 1.807) is 6.92 Å². The lowest BCUT2D eigenvalue weighted by atomic mass is 9.89. The van der Waals surface area contributed by atoms with Gasteiger partial charge in [0.05, 0.1) is 24.3 Å². The van der Waals surface area contributed by atoms with Crippen LogP contribution in [-0.4, -0.2) is 58.6 Å². The summed E-state index contributed by atoms with van der Waals surface area (Å²) >= 11 is 0. The van der Waals surface area contributed by atoms with Crippen LogP contribution < -0.4 is 17.0 Å². The molecule has 1 fully saturated rings. The molecule has 2 aliphatic rings. The van der Waals surface area contributed by atoms with E-state index in [1.807, 2.05) is 43.4 Å². The molecule has 0 radical (unpaired) electrons. The van der Waals surface area contributed by atoms with Gasteiger partial charge in [0.15, 0.2) is 28.5 Å². The highest BCUT2D eigenvalue weighted by molar-refractivity contribution is 7.90. The molecule has 1 spiro atoms. The van der Waals surface area contributed by atoms with Gasteiger partial charge in [-0.1, -0.05) is 71.9 Å². The molecule has 1 saturated heterocycles. The lowest BCUT2D eigenvalue weighted by Crippen LogP contribution is -2.59. The van der Waals surface area contributed by atoms with Crippen LogP contribution in [0.4, 0.5) is 0 Å². The van der Waals surface area contributed by atoms with E-state index >= 15 is 0 Å². The van der Waals surface area contributed by atoms with E-state index in [2.05, 4.69) is 54.6 Å². The highest BCUT2D eigenvalue weighted by atomic mass is 32.2. The Morgan fingerprint density at radius 3 is 2.07 bits per heavy atom. The topological polar surface area (TPSA) is 141 Å². The monoisotopic (exact) mass is 679 g/mol. The largest absolute Gasteiger partial charge is 0.414 e. The van der Waals surface area contributed by atoms with E-state index < -0.39 is 62.0 Å². The molecule has 1 aromatic heterocycles. The lowest BCUT2D eigenvalue weighted by molar-refractivity contribution is -0.0567. The van der Waals surface area contributed by atoms with Gasteiger partial charge in [-0.2, -0.15) is 8.42 Å². The highest BCUT2D eigenvalue weighted by Crippen LogP contribution is 2.52. The Hall–Kier alpha value is -2.34. The number of ether oxygens (including phenoxy) is 1. The number of rotatable bonds is 8. The first-order valence-corrected chi connectivity index (χ1v) is 22.5. The average molecular weight is 680 g/mol. The summed E-state index contributed by atoms with van der Waals surface area (Å²) in [5.74, 6) is 0. The zero-order chi connectivity index (χ0) is 34.0. The molecule has 0 aliphatic carbocycles. The summed E-state index contributed by atoms with van der Waals surface area (Å²) in [5, 5.41) is 0.433. The van der Waals surface area contributed by atoms with Gasteiger partial charge in [-0.3, -0.25) is 13.9 Å². The zero-order valence-corrected chi connectivity index (χ0v) is 31.2. The van der Waals surface area contributed by atoms with Crippen molar-refractivity contribution < 1.29 is 26.2 Å². The summed E-state index contributed by atoms with van der Waals surface area (Å²) in [6.45, 7) is 22.3. The van der Waals surface area contributed by atoms with Crippen molar-refractivity contribution in [2.24, 2.45) is 5.73 Å². The van der Waals surface area contributed by atoms with Crippen LogP contribution in [0.25, 0.3) is 0 Å². The molecule has 14 heteroatoms. The number of nitrogens with zero attached hydrogens (tertiary/aromatic N) is 2. The molecule has 11 nitrogen and oxygen atoms in total. The van der Waals surface area contributed by atoms with Crippen LogP contribution in [0.1, 0.15) is 58.9 Å². The standard InChI is InChI=1S/C31H49N3O8SSi2/c1-21-17-34(28(36)33(26(21)35)18-22-15-13-12-14-16-22)27-25(41-45(10,11)30(5,6)7)31(23(32)20-43(37,38)42-31)24(40-27)19-39-44(8,9)29(2,3)4/h12-17,20,24-25,27H,18-19,32H2,1-11H3. The van der Waals surface area contributed by atoms with Crippen molar-refractivity contribution >= 4 is 26.8 Å². The average Bonchev–Trinajstić information content (AvgIpc) is 3.33. The number of aromatic nitrogens is 2. The fourth-order valence-electron chi connectivity index (χ4n) is 5.06. The maximum atomic E-state index is 14.2. The maximum Gasteiger partial charge on any atom is 0.333 e. The van der Waals surface area contributed by atoms with Gasteiger partial charge in [0.2, 0.25) is 0 Å². The van der Waals surface area contributed by atoms with Crippen LogP contribution >= 0.6 is 0 Å². The Labute approximate surface area is 268 Å². The summed E-state index contributed by atoms with van der Waals surface area (Å²) in [6.07, 6.45) is -1.98. The van der Waals surface area contributed by atoms with Crippen LogP contribution in [0, 0.1) is 6.92 Å². The number of aryl methyl sites for hydroxylation is 1. The van der Waals surface area contributed by atoms with Crippen molar-refractivity contribution in [1.29, 1.82) is 0 Å². The second kappa shape index (κ2) is 11.7. The third kappa shape index (κ3) is 6.60. The van der Waals surface area contributed by atoms with E-state index in [4.69, 9.17) is 23.5 Å². The zero-order valence-electron chi connectivity index (χ0n) is 28.3. The van der Waals surface area contributed by atoms with Crippen molar-refractivity contribution in [3.63, 3.8) is 0 Å². The van der Waals surface area contributed by atoms with Gasteiger partial charge in [0.25, 0.3) is 15.7 Å². The molecular weight excluding hydrogens is 631 g/mol. The van der Waals surface area contributed by atoms with Gasteiger partial charge in [0.1, 0.15) is 12.2 Å². The molecule has 4 unspecified atom stereocenters. The smallest absolute Gasteiger partial charge is 0.333 e. The minimum absolute atomic E-state index is 0.0383. The maximum absolute atomic E-state index is 14.2. The summed E-state index contributed by atoms with van der Waals surface area (Å²) in [7, 11) is -9.30. The van der Waals surface area contributed by atoms with E-state index in [0.29, 0.717) is 5.56 Å². The van der Waals surface area contributed by atoms with Gasteiger partial charge in [-0.15, -0.1) is 0 Å². The van der Waals surface area contributed by atoms with Crippen molar-refractivity contribution in [2.45, 2.75) is 115 Å². The number of nitrogens with two attached hydrogens (primary N) is 1. The van der Waals surface area contributed by atoms with E-state index in [-0.39, 0.29) is 28.9 Å². The number of hydrogen-bond acceptors (Lipinski definition) is 9. The molecule has 250 valence electrons. The lowest BCUT2D eigenvalue weighted by Gasteiger charge is -2.43. The number of benzene rings is 1. The molecule has 0 bridgehead atoms. The third-order valence-electron chi connectivity index (χ3n) is 9.89. The van der Waals surface area contributed by atoms with Crippen LogP contribution in [-0.2, 0) is 34.4 Å². The van der Waals surface area contributed by atoms with Gasteiger partial charge in [-0.05, 0) is 48.8 Å². The quantitative estimate of drug-likeness (QED) is 0.314. The predicted molar refractivity (Wildman–Crippen MR) is 179 cm³/mol. The van der Waals surface area contributed by atoms with Gasteiger partial charge in [0, 0.05) is 11.8 Å². The van der Waals surface area contributed by atoms with Crippen molar-refractivity contribution in [1.82, 2.24) is 9.13 Å². The molecule has 45 heavy (non-hydrogen) atoms. The molecule has 4 rings (SSSR count). The molecule has 2 aliphatic heterocycles. The fourth-order valence-corrected chi connectivity index (χ4v) is 8.57. The first kappa shape index (κ1) is 35.5. The van der Waals surface area contributed by atoms with E-state index in [0.717, 1.165) is 15.5 Å². The van der Waals surface area contributed by atoms with Gasteiger partial charge < -0.3 is 19.3 Å². The second-order valence-electron chi connectivity index (χ2n) is 15.2. The molecule has 0 saturated carbocycles. The van der Waals surface area contributed by atoms with Crippen molar-refractivity contribution in [3.05, 3.63) is 79.6 Å². The Morgan fingerprint density at radius 2 is 1.56 bits per heavy atom. The first-order valence-electron chi connectivity index (χ1n) is 15.2. The predicted octanol–water partition coefficient (Wildman–Crippen LogP) is 4.58. The minimum Gasteiger partial charge on any atom is -0.414 e. The first-order chi connectivity index (χ1) is 20.4. The second-order valence-corrected chi connectivity index (χ2v) is 26.2. The molecule has 2 N–H and O–H groups in total. The van der Waals surface area contributed by atoms with E-state index in [1.165, 1.54) is 10.8 Å². The molecule has 1 aromatic carbocycles. The Kier molecular flexibility index (Phi) is 9.25. The van der Waals surface area contributed by atoms with E-state index in [9.17, 15) is 18.0 Å². The van der Waals surface area contributed by atoms with Crippen molar-refractivity contribution in [2.75, 3.05) is 6.61 Å². The van der Waals surface area contributed by atoms with Crippen LogP contribution in [0.2, 0.25) is 36.3 Å². The van der Waals surface area contributed by atoms with Crippen molar-refractivity contribution in [3.8, 4) is 0 Å². The van der Waals surface area contributed by atoms with Crippen LogP contribution in [0.15, 0.2) is 57.2 Å². The summed E-state index contributed by atoms with van der Waals surface area (Å²) in [5.41, 5.74) is 4.68. The normalized spacial score (nSPS) is 25.6. The molecule has 4 atom stereocenters. The van der Waals surface area contributed by atoms with Gasteiger partial charge in [-0.25, -0.2) is 8.98 Å². The molecule has 0 amide bonds. The third-order valence-corrected chi connectivity index (χ3v) is 19.9. The minimum atomic E-state index is -4.22. The number of hydrogen-bond donors (Lipinski definition) is 1. The van der Waals surface area contributed by atoms with Gasteiger partial charge >= 0.3 is 5.69 Å². The Morgan fingerprint density at radius 1 is 0.978 bits per heavy atom. The summed E-state index contributed by atoms with van der Waals surface area (Å²) in [6, 6.07) is 9.19. The molecule has 2 aromatic rings. The summed E-state index contributed by atoms with van der Waals surface area (Å²) in [4.78, 5) is 27.5. The highest BCUT2D eigenvalue weighted by Gasteiger charge is 2.67. The Bertz CT molecular complexity index is 1690. The summed E-state index contributed by atoms with van der Waals surface area (Å²) < 4.78 is 54.6. The SMILES string of the molecule is Cc1cn(C2OC(CO[Si](C)(C)C(C)(C)C)C3(OS(=O)(=O)C=C3N)C2O[Si](C)(C)C(C)(C)C)c(=O)n(Cc2ccccc2)c1=O. The Balaban J connectivity index is 1.94. The van der Waals surface area contributed by atoms with Crippen LogP contribution in [0.5, 0.6) is 0 Å². The molecular formula is C31H49N3O8SSi2. The fraction of sp³-hybridized carbons (Fsp3) is 0.613. The van der Waals surface area contributed by atoms with Crippen LogP contribution in [0.3, 0.4) is 0 Å². The molecule has 3 heterocycles.